The van der Waals surface area contributed by atoms with Crippen LogP contribution in [0.25, 0.3) is 0 Å². The quantitative estimate of drug-likeness (QED) is 0.800. The van der Waals surface area contributed by atoms with Gasteiger partial charge in [-0.15, -0.1) is 0 Å². The number of pyridine rings is 1. The summed E-state index contributed by atoms with van der Waals surface area (Å²) in [6.07, 6.45) is 5.81. The van der Waals surface area contributed by atoms with E-state index < -0.39 is 0 Å². The minimum atomic E-state index is 0.185. The molecule has 1 aliphatic heterocycles. The summed E-state index contributed by atoms with van der Waals surface area (Å²) in [5.74, 6) is 4.40. The molecule has 0 saturated carbocycles. The van der Waals surface area contributed by atoms with Crippen LogP contribution in [-0.2, 0) is 17.9 Å². The second kappa shape index (κ2) is 8.45. The van der Waals surface area contributed by atoms with Gasteiger partial charge in [0.25, 0.3) is 0 Å². The molecule has 0 aliphatic carbocycles. The lowest BCUT2D eigenvalue weighted by molar-refractivity contribution is -0.132. The molecular weight excluding hydrogens is 328 g/mol. The number of carbonyl (C=O) groups excluding carboxylic acids is 1. The van der Waals surface area contributed by atoms with Gasteiger partial charge < -0.3 is 9.32 Å². The van der Waals surface area contributed by atoms with Crippen LogP contribution in [0.15, 0.2) is 47.3 Å². The Kier molecular flexibility index (Phi) is 6.05. The molecule has 1 saturated heterocycles. The average Bonchev–Trinajstić information content (AvgIpc) is 3.09. The fourth-order valence-electron chi connectivity index (χ4n) is 2.51. The van der Waals surface area contributed by atoms with E-state index in [0.29, 0.717) is 24.8 Å². The van der Waals surface area contributed by atoms with Crippen molar-refractivity contribution in [3.05, 3.63) is 54.2 Å². The highest BCUT2D eigenvalue weighted by Crippen LogP contribution is 2.27. The minimum Gasteiger partial charge on any atom is -0.467 e. The standard InChI is InChI=1S/C17H20N2O2S2/c20-17(9-16-13-22-7-8-23-16)19(12-15-4-2-6-21-15)11-14-3-1-5-18-10-14/h1-6,10,16H,7-9,11-13H2/t16-/m1/s1. The summed E-state index contributed by atoms with van der Waals surface area (Å²) >= 11 is 3.87. The van der Waals surface area contributed by atoms with Crippen molar-refractivity contribution in [1.82, 2.24) is 9.88 Å². The van der Waals surface area contributed by atoms with Crippen molar-refractivity contribution in [2.24, 2.45) is 0 Å². The number of amides is 1. The predicted octanol–water partition coefficient (Wildman–Crippen LogP) is 3.44. The van der Waals surface area contributed by atoms with Crippen LogP contribution in [0.3, 0.4) is 0 Å². The van der Waals surface area contributed by atoms with E-state index in [0.717, 1.165) is 22.8 Å². The Bertz CT molecular complexity index is 598. The van der Waals surface area contributed by atoms with Gasteiger partial charge in [0, 0.05) is 47.9 Å². The maximum atomic E-state index is 12.8. The van der Waals surface area contributed by atoms with Gasteiger partial charge in [-0.1, -0.05) is 6.07 Å². The first-order chi connectivity index (χ1) is 11.3. The fraction of sp³-hybridized carbons (Fsp3) is 0.412. The Morgan fingerprint density at radius 2 is 2.26 bits per heavy atom. The Hall–Kier alpha value is -1.40. The third-order valence-corrected chi connectivity index (χ3v) is 6.51. The molecule has 0 radical (unpaired) electrons. The summed E-state index contributed by atoms with van der Waals surface area (Å²) in [5.41, 5.74) is 1.04. The number of hydrogen-bond donors (Lipinski definition) is 0. The highest BCUT2D eigenvalue weighted by molar-refractivity contribution is 8.06. The van der Waals surface area contributed by atoms with Crippen LogP contribution in [0.1, 0.15) is 17.7 Å². The van der Waals surface area contributed by atoms with Gasteiger partial charge in [-0.3, -0.25) is 9.78 Å². The van der Waals surface area contributed by atoms with Gasteiger partial charge in [0.2, 0.25) is 5.91 Å². The van der Waals surface area contributed by atoms with Crippen molar-refractivity contribution >= 4 is 29.4 Å². The molecule has 0 unspecified atom stereocenters. The Balaban J connectivity index is 1.66. The van der Waals surface area contributed by atoms with Crippen LogP contribution in [0.5, 0.6) is 0 Å². The van der Waals surface area contributed by atoms with E-state index in [1.54, 1.807) is 12.5 Å². The lowest BCUT2D eigenvalue weighted by atomic mass is 10.2. The molecule has 3 rings (SSSR count). The van der Waals surface area contributed by atoms with E-state index >= 15 is 0 Å². The summed E-state index contributed by atoms with van der Waals surface area (Å²) in [4.78, 5) is 18.8. The molecule has 2 aromatic rings. The summed E-state index contributed by atoms with van der Waals surface area (Å²) in [6, 6.07) is 7.67. The fourth-order valence-corrected chi connectivity index (χ4v) is 5.18. The zero-order valence-electron chi connectivity index (χ0n) is 12.9. The molecular formula is C17H20N2O2S2. The maximum Gasteiger partial charge on any atom is 0.224 e. The summed E-state index contributed by atoms with van der Waals surface area (Å²) in [5, 5.41) is 0.425. The normalized spacial score (nSPS) is 17.8. The molecule has 23 heavy (non-hydrogen) atoms. The first-order valence-electron chi connectivity index (χ1n) is 7.69. The molecule has 1 amide bonds. The van der Waals surface area contributed by atoms with Gasteiger partial charge in [0.15, 0.2) is 0 Å². The molecule has 0 N–H and O–H groups in total. The SMILES string of the molecule is O=C(C[C@@H]1CSCCS1)N(Cc1cccnc1)Cc1ccco1. The molecule has 1 fully saturated rings. The second-order valence-corrected chi connectivity index (χ2v) is 8.02. The van der Waals surface area contributed by atoms with E-state index in [9.17, 15) is 4.79 Å². The molecule has 0 spiro atoms. The van der Waals surface area contributed by atoms with Crippen LogP contribution >= 0.6 is 23.5 Å². The van der Waals surface area contributed by atoms with Gasteiger partial charge >= 0.3 is 0 Å². The topological polar surface area (TPSA) is 46.3 Å². The Morgan fingerprint density at radius 1 is 1.30 bits per heavy atom. The number of hydrogen-bond acceptors (Lipinski definition) is 5. The first kappa shape index (κ1) is 16.5. The molecule has 1 atom stereocenters. The Labute approximate surface area is 145 Å². The number of rotatable bonds is 6. The maximum absolute atomic E-state index is 12.8. The van der Waals surface area contributed by atoms with Crippen LogP contribution in [0.2, 0.25) is 0 Å². The summed E-state index contributed by atoms with van der Waals surface area (Å²) < 4.78 is 5.42. The van der Waals surface area contributed by atoms with Crippen molar-refractivity contribution in [3.63, 3.8) is 0 Å². The van der Waals surface area contributed by atoms with Crippen LogP contribution in [-0.4, -0.2) is 38.3 Å². The molecule has 4 nitrogen and oxygen atoms in total. The predicted molar refractivity (Wildman–Crippen MR) is 95.4 cm³/mol. The van der Waals surface area contributed by atoms with E-state index in [1.165, 1.54) is 5.75 Å². The van der Waals surface area contributed by atoms with E-state index in [1.807, 2.05) is 58.9 Å². The molecule has 3 heterocycles. The molecule has 2 aromatic heterocycles. The van der Waals surface area contributed by atoms with Gasteiger partial charge in [0.05, 0.1) is 12.8 Å². The van der Waals surface area contributed by atoms with Crippen LogP contribution < -0.4 is 0 Å². The number of furan rings is 1. The molecule has 1 aliphatic rings. The number of aromatic nitrogens is 1. The molecule has 0 bridgehead atoms. The third kappa shape index (κ3) is 5.04. The molecule has 6 heteroatoms. The monoisotopic (exact) mass is 348 g/mol. The Morgan fingerprint density at radius 3 is 2.96 bits per heavy atom. The summed E-state index contributed by atoms with van der Waals surface area (Å²) in [7, 11) is 0. The van der Waals surface area contributed by atoms with Crippen LogP contribution in [0, 0.1) is 0 Å². The van der Waals surface area contributed by atoms with Crippen molar-refractivity contribution in [1.29, 1.82) is 0 Å². The lowest BCUT2D eigenvalue weighted by Crippen LogP contribution is -2.33. The summed E-state index contributed by atoms with van der Waals surface area (Å²) in [6.45, 7) is 1.07. The minimum absolute atomic E-state index is 0.185. The first-order valence-corrected chi connectivity index (χ1v) is 9.90. The highest BCUT2D eigenvalue weighted by atomic mass is 32.2. The second-order valence-electron chi connectivity index (χ2n) is 5.46. The van der Waals surface area contributed by atoms with Crippen molar-refractivity contribution in [2.75, 3.05) is 17.3 Å². The van der Waals surface area contributed by atoms with E-state index in [4.69, 9.17) is 4.42 Å². The van der Waals surface area contributed by atoms with E-state index in [-0.39, 0.29) is 5.91 Å². The van der Waals surface area contributed by atoms with Crippen molar-refractivity contribution in [2.45, 2.75) is 24.8 Å². The van der Waals surface area contributed by atoms with Gasteiger partial charge in [-0.2, -0.15) is 23.5 Å². The number of thioether (sulfide) groups is 2. The highest BCUT2D eigenvalue weighted by Gasteiger charge is 2.22. The third-order valence-electron chi connectivity index (χ3n) is 3.66. The van der Waals surface area contributed by atoms with Gasteiger partial charge in [0.1, 0.15) is 5.76 Å². The average molecular weight is 348 g/mol. The smallest absolute Gasteiger partial charge is 0.224 e. The molecule has 122 valence electrons. The zero-order chi connectivity index (χ0) is 15.9. The van der Waals surface area contributed by atoms with Gasteiger partial charge in [-0.05, 0) is 23.8 Å². The van der Waals surface area contributed by atoms with Gasteiger partial charge in [-0.25, -0.2) is 0 Å². The number of carbonyl (C=O) groups is 1. The molecule has 0 aromatic carbocycles. The van der Waals surface area contributed by atoms with Crippen molar-refractivity contribution in [3.8, 4) is 0 Å². The zero-order valence-corrected chi connectivity index (χ0v) is 14.5. The lowest BCUT2D eigenvalue weighted by Gasteiger charge is -2.26. The van der Waals surface area contributed by atoms with Crippen molar-refractivity contribution < 1.29 is 9.21 Å². The number of nitrogens with zero attached hydrogens (tertiary/aromatic N) is 2. The van der Waals surface area contributed by atoms with E-state index in [2.05, 4.69) is 4.98 Å². The largest absolute Gasteiger partial charge is 0.467 e. The van der Waals surface area contributed by atoms with Crippen LogP contribution in [0.4, 0.5) is 0 Å².